The van der Waals surface area contributed by atoms with E-state index in [1.54, 1.807) is 17.9 Å². The van der Waals surface area contributed by atoms with Crippen molar-refractivity contribution in [2.45, 2.75) is 25.8 Å². The molecule has 0 saturated carbocycles. The third-order valence-electron chi connectivity index (χ3n) is 3.53. The lowest BCUT2D eigenvalue weighted by molar-refractivity contribution is -0.385. The van der Waals surface area contributed by atoms with E-state index in [-0.39, 0.29) is 35.8 Å². The van der Waals surface area contributed by atoms with E-state index in [1.165, 1.54) is 12.1 Å². The molecule has 0 aromatic heterocycles. The summed E-state index contributed by atoms with van der Waals surface area (Å²) in [4.78, 5) is 24.6. The molecular weight excluding hydrogens is 310 g/mol. The molecule has 0 unspecified atom stereocenters. The van der Waals surface area contributed by atoms with Crippen molar-refractivity contribution in [3.63, 3.8) is 0 Å². The predicted octanol–water partition coefficient (Wildman–Crippen LogP) is 1.98. The van der Waals surface area contributed by atoms with Crippen molar-refractivity contribution >= 4 is 24.0 Å². The summed E-state index contributed by atoms with van der Waals surface area (Å²) in [6.07, 6.45) is 1.51. The second-order valence-corrected chi connectivity index (χ2v) is 5.00. The van der Waals surface area contributed by atoms with E-state index in [0.29, 0.717) is 25.3 Å². The highest BCUT2D eigenvalue weighted by atomic mass is 35.5. The SMILES string of the molecule is CCOc1ccc(C(=O)N2CCC(N)CC2)cc1[N+](=O)[O-].Cl. The van der Waals surface area contributed by atoms with Gasteiger partial charge in [-0.1, -0.05) is 0 Å². The number of benzene rings is 1. The van der Waals surface area contributed by atoms with Gasteiger partial charge in [-0.2, -0.15) is 0 Å². The third-order valence-corrected chi connectivity index (χ3v) is 3.53. The number of nitro benzene ring substituents is 1. The van der Waals surface area contributed by atoms with Crippen molar-refractivity contribution in [1.29, 1.82) is 0 Å². The highest BCUT2D eigenvalue weighted by molar-refractivity contribution is 5.95. The Morgan fingerprint density at radius 3 is 2.64 bits per heavy atom. The molecule has 22 heavy (non-hydrogen) atoms. The van der Waals surface area contributed by atoms with Crippen LogP contribution in [0.2, 0.25) is 0 Å². The number of hydrogen-bond acceptors (Lipinski definition) is 5. The summed E-state index contributed by atoms with van der Waals surface area (Å²) in [7, 11) is 0. The minimum absolute atomic E-state index is 0. The van der Waals surface area contributed by atoms with Gasteiger partial charge in [0.15, 0.2) is 5.75 Å². The number of nitro groups is 1. The lowest BCUT2D eigenvalue weighted by atomic mass is 10.0. The van der Waals surface area contributed by atoms with Gasteiger partial charge in [-0.3, -0.25) is 14.9 Å². The number of halogens is 1. The first-order chi connectivity index (χ1) is 10.0. The van der Waals surface area contributed by atoms with Gasteiger partial charge in [0, 0.05) is 30.8 Å². The standard InChI is InChI=1S/C14H19N3O4.ClH/c1-2-21-13-4-3-10(9-12(13)17(19)20)14(18)16-7-5-11(15)6-8-16;/h3-4,9,11H,2,5-8,15H2,1H3;1H. The summed E-state index contributed by atoms with van der Waals surface area (Å²) < 4.78 is 5.21. The molecule has 0 radical (unpaired) electrons. The van der Waals surface area contributed by atoms with Crippen LogP contribution in [0.25, 0.3) is 0 Å². The maximum atomic E-state index is 12.4. The number of amides is 1. The number of carbonyl (C=O) groups excluding carboxylic acids is 1. The summed E-state index contributed by atoms with van der Waals surface area (Å²) in [6.45, 7) is 3.25. The molecule has 1 aliphatic heterocycles. The van der Waals surface area contributed by atoms with Crippen molar-refractivity contribution in [2.75, 3.05) is 19.7 Å². The molecule has 0 aliphatic carbocycles. The first kappa shape index (κ1) is 18.2. The van der Waals surface area contributed by atoms with Crippen molar-refractivity contribution in [3.8, 4) is 5.75 Å². The van der Waals surface area contributed by atoms with Crippen LogP contribution in [0, 0.1) is 10.1 Å². The smallest absolute Gasteiger partial charge is 0.311 e. The predicted molar refractivity (Wildman–Crippen MR) is 84.6 cm³/mol. The molecule has 1 saturated heterocycles. The number of rotatable bonds is 4. The van der Waals surface area contributed by atoms with E-state index in [2.05, 4.69) is 0 Å². The molecule has 7 nitrogen and oxygen atoms in total. The Kier molecular flexibility index (Phi) is 6.58. The maximum Gasteiger partial charge on any atom is 0.311 e. The van der Waals surface area contributed by atoms with Gasteiger partial charge in [0.1, 0.15) is 0 Å². The normalized spacial score (nSPS) is 15.1. The molecule has 0 spiro atoms. The van der Waals surface area contributed by atoms with Crippen LogP contribution in [0.15, 0.2) is 18.2 Å². The summed E-state index contributed by atoms with van der Waals surface area (Å²) >= 11 is 0. The Labute approximate surface area is 135 Å². The molecular formula is C14H20ClN3O4. The van der Waals surface area contributed by atoms with Crippen LogP contribution in [0.3, 0.4) is 0 Å². The highest BCUT2D eigenvalue weighted by Gasteiger charge is 2.24. The second kappa shape index (κ2) is 7.95. The fourth-order valence-electron chi connectivity index (χ4n) is 2.36. The summed E-state index contributed by atoms with van der Waals surface area (Å²) in [5, 5.41) is 11.1. The van der Waals surface area contributed by atoms with Crippen molar-refractivity contribution in [3.05, 3.63) is 33.9 Å². The lowest BCUT2D eigenvalue weighted by Gasteiger charge is -2.30. The largest absolute Gasteiger partial charge is 0.487 e. The lowest BCUT2D eigenvalue weighted by Crippen LogP contribution is -2.42. The maximum absolute atomic E-state index is 12.4. The summed E-state index contributed by atoms with van der Waals surface area (Å²) in [5.41, 5.74) is 5.93. The summed E-state index contributed by atoms with van der Waals surface area (Å²) in [5.74, 6) is -0.0206. The van der Waals surface area contributed by atoms with E-state index < -0.39 is 4.92 Å². The number of nitrogens with zero attached hydrogens (tertiary/aromatic N) is 2. The number of likely N-dealkylation sites (tertiary alicyclic amines) is 1. The molecule has 122 valence electrons. The monoisotopic (exact) mass is 329 g/mol. The van der Waals surface area contributed by atoms with Gasteiger partial charge in [0.05, 0.1) is 11.5 Å². The fraction of sp³-hybridized carbons (Fsp3) is 0.500. The molecule has 1 aromatic carbocycles. The number of hydrogen-bond donors (Lipinski definition) is 1. The molecule has 0 atom stereocenters. The van der Waals surface area contributed by atoms with Crippen molar-refractivity contribution in [2.24, 2.45) is 5.73 Å². The fourth-order valence-corrected chi connectivity index (χ4v) is 2.36. The average molecular weight is 330 g/mol. The minimum atomic E-state index is -0.534. The summed E-state index contributed by atoms with van der Waals surface area (Å²) in [6, 6.07) is 4.45. The van der Waals surface area contributed by atoms with E-state index >= 15 is 0 Å². The van der Waals surface area contributed by atoms with E-state index in [1.807, 2.05) is 0 Å². The average Bonchev–Trinajstić information content (AvgIpc) is 2.48. The zero-order chi connectivity index (χ0) is 15.4. The topological polar surface area (TPSA) is 98.7 Å². The molecule has 2 N–H and O–H groups in total. The van der Waals surface area contributed by atoms with Crippen molar-refractivity contribution < 1.29 is 14.5 Å². The number of piperidine rings is 1. The zero-order valence-electron chi connectivity index (χ0n) is 12.4. The minimum Gasteiger partial charge on any atom is -0.487 e. The first-order valence-corrected chi connectivity index (χ1v) is 6.99. The second-order valence-electron chi connectivity index (χ2n) is 5.00. The Bertz CT molecular complexity index is 545. The molecule has 1 aromatic rings. The van der Waals surface area contributed by atoms with Crippen LogP contribution in [-0.2, 0) is 0 Å². The van der Waals surface area contributed by atoms with E-state index in [9.17, 15) is 14.9 Å². The molecule has 1 aliphatic rings. The molecule has 2 rings (SSSR count). The van der Waals surface area contributed by atoms with E-state index in [0.717, 1.165) is 12.8 Å². The van der Waals surface area contributed by atoms with Crippen LogP contribution in [0.4, 0.5) is 5.69 Å². The molecule has 1 fully saturated rings. The van der Waals surface area contributed by atoms with Gasteiger partial charge >= 0.3 is 5.69 Å². The molecule has 1 amide bonds. The zero-order valence-corrected chi connectivity index (χ0v) is 13.2. The van der Waals surface area contributed by atoms with Crippen LogP contribution < -0.4 is 10.5 Å². The van der Waals surface area contributed by atoms with Crippen molar-refractivity contribution in [1.82, 2.24) is 4.90 Å². The van der Waals surface area contributed by atoms with Crippen LogP contribution in [-0.4, -0.2) is 41.5 Å². The van der Waals surface area contributed by atoms with Gasteiger partial charge in [-0.15, -0.1) is 12.4 Å². The Morgan fingerprint density at radius 2 is 2.09 bits per heavy atom. The molecule has 8 heteroatoms. The highest BCUT2D eigenvalue weighted by Crippen LogP contribution is 2.28. The van der Waals surface area contributed by atoms with Gasteiger partial charge in [0.2, 0.25) is 0 Å². The Hall–Kier alpha value is -1.86. The van der Waals surface area contributed by atoms with Crippen LogP contribution >= 0.6 is 12.4 Å². The van der Waals surface area contributed by atoms with Gasteiger partial charge in [-0.25, -0.2) is 0 Å². The van der Waals surface area contributed by atoms with Gasteiger partial charge < -0.3 is 15.4 Å². The van der Waals surface area contributed by atoms with E-state index in [4.69, 9.17) is 10.5 Å². The van der Waals surface area contributed by atoms with Gasteiger partial charge in [0.25, 0.3) is 5.91 Å². The number of carbonyl (C=O) groups is 1. The number of ether oxygens (including phenoxy) is 1. The molecule has 0 bridgehead atoms. The first-order valence-electron chi connectivity index (χ1n) is 6.99. The van der Waals surface area contributed by atoms with Crippen LogP contribution in [0.1, 0.15) is 30.1 Å². The van der Waals surface area contributed by atoms with Crippen LogP contribution in [0.5, 0.6) is 5.75 Å². The third kappa shape index (κ3) is 4.08. The Morgan fingerprint density at radius 1 is 1.45 bits per heavy atom. The number of nitrogens with two attached hydrogens (primary N) is 1. The van der Waals surface area contributed by atoms with Gasteiger partial charge in [-0.05, 0) is 31.9 Å². The molecule has 1 heterocycles. The quantitative estimate of drug-likeness (QED) is 0.672. The Balaban J connectivity index is 0.00000242.